The van der Waals surface area contributed by atoms with Crippen LogP contribution < -0.4 is 10.5 Å². The van der Waals surface area contributed by atoms with Gasteiger partial charge in [-0.15, -0.1) is 0 Å². The molecule has 0 saturated carbocycles. The molecule has 0 radical (unpaired) electrons. The summed E-state index contributed by atoms with van der Waals surface area (Å²) in [7, 11) is 0. The van der Waals surface area contributed by atoms with Crippen LogP contribution in [0.1, 0.15) is 32.4 Å². The van der Waals surface area contributed by atoms with Gasteiger partial charge >= 0.3 is 0 Å². The topological polar surface area (TPSA) is 51.4 Å². The molecule has 0 aliphatic carbocycles. The Hall–Kier alpha value is -1.13. The summed E-state index contributed by atoms with van der Waals surface area (Å²) >= 11 is 0. The lowest BCUT2D eigenvalue weighted by Crippen LogP contribution is -2.28. The quantitative estimate of drug-likeness (QED) is 0.786. The second kappa shape index (κ2) is 7.25. The predicted octanol–water partition coefficient (Wildman–Crippen LogP) is 1.82. The fourth-order valence-electron chi connectivity index (χ4n) is 1.57. The molecule has 1 atom stereocenters. The molecule has 17 heavy (non-hydrogen) atoms. The van der Waals surface area contributed by atoms with E-state index >= 15 is 0 Å². The van der Waals surface area contributed by atoms with E-state index in [2.05, 4.69) is 23.7 Å². The van der Waals surface area contributed by atoms with Crippen molar-refractivity contribution in [1.29, 1.82) is 0 Å². The van der Waals surface area contributed by atoms with Gasteiger partial charge in [0.1, 0.15) is 6.61 Å². The van der Waals surface area contributed by atoms with Gasteiger partial charge in [-0.2, -0.15) is 0 Å². The predicted molar refractivity (Wildman–Crippen MR) is 70.1 cm³/mol. The molecule has 1 aromatic rings. The second-order valence-electron chi connectivity index (χ2n) is 4.09. The summed E-state index contributed by atoms with van der Waals surface area (Å²) in [6, 6.07) is 3.86. The summed E-state index contributed by atoms with van der Waals surface area (Å²) in [4.78, 5) is 6.54. The Labute approximate surface area is 104 Å². The molecule has 96 valence electrons. The number of aromatic nitrogens is 1. The zero-order valence-corrected chi connectivity index (χ0v) is 11.0. The first-order valence-corrected chi connectivity index (χ1v) is 6.24. The summed E-state index contributed by atoms with van der Waals surface area (Å²) in [6.45, 7) is 9.96. The van der Waals surface area contributed by atoms with Crippen molar-refractivity contribution in [3.8, 4) is 5.88 Å². The first-order chi connectivity index (χ1) is 8.17. The molecule has 0 bridgehead atoms. The van der Waals surface area contributed by atoms with Crippen LogP contribution >= 0.6 is 0 Å². The summed E-state index contributed by atoms with van der Waals surface area (Å²) in [6.07, 6.45) is 1.78. The van der Waals surface area contributed by atoms with Gasteiger partial charge in [0, 0.05) is 24.8 Å². The van der Waals surface area contributed by atoms with E-state index in [1.165, 1.54) is 0 Å². The lowest BCUT2D eigenvalue weighted by molar-refractivity contribution is 0.218. The number of nitrogens with two attached hydrogens (primary N) is 1. The lowest BCUT2D eigenvalue weighted by atomic mass is 10.2. The molecule has 0 aliphatic rings. The van der Waals surface area contributed by atoms with E-state index in [1.807, 2.05) is 19.1 Å². The fraction of sp³-hybridized carbons (Fsp3) is 0.615. The van der Waals surface area contributed by atoms with E-state index in [9.17, 15) is 0 Å². The Morgan fingerprint density at radius 2 is 2.06 bits per heavy atom. The van der Waals surface area contributed by atoms with Crippen LogP contribution in [0, 0.1) is 0 Å². The standard InChI is InChI=1S/C13H23N3O/c1-4-16(5-2)8-9-17-13-7-6-12(10-15-13)11(3)14/h6-7,10-11H,4-5,8-9,14H2,1-3H3/t11-/m0/s1. The van der Waals surface area contributed by atoms with E-state index < -0.39 is 0 Å². The molecule has 1 rings (SSSR count). The van der Waals surface area contributed by atoms with Gasteiger partial charge in [0.05, 0.1) is 0 Å². The minimum Gasteiger partial charge on any atom is -0.476 e. The molecule has 0 spiro atoms. The Morgan fingerprint density at radius 1 is 1.35 bits per heavy atom. The number of nitrogens with zero attached hydrogens (tertiary/aromatic N) is 2. The van der Waals surface area contributed by atoms with Crippen LogP contribution in [0.15, 0.2) is 18.3 Å². The molecular formula is C13H23N3O. The van der Waals surface area contributed by atoms with Crippen molar-refractivity contribution < 1.29 is 4.74 Å². The van der Waals surface area contributed by atoms with Crippen LogP contribution in [0.5, 0.6) is 5.88 Å². The minimum atomic E-state index is 0.0206. The highest BCUT2D eigenvalue weighted by atomic mass is 16.5. The smallest absolute Gasteiger partial charge is 0.213 e. The van der Waals surface area contributed by atoms with Crippen molar-refractivity contribution >= 4 is 0 Å². The molecule has 1 aromatic heterocycles. The molecule has 0 aliphatic heterocycles. The zero-order chi connectivity index (χ0) is 12.7. The molecule has 0 saturated heterocycles. The summed E-state index contributed by atoms with van der Waals surface area (Å²) < 4.78 is 5.58. The average molecular weight is 237 g/mol. The van der Waals surface area contributed by atoms with E-state index in [0.29, 0.717) is 12.5 Å². The minimum absolute atomic E-state index is 0.0206. The van der Waals surface area contributed by atoms with Crippen LogP contribution in [0.4, 0.5) is 0 Å². The highest BCUT2D eigenvalue weighted by Gasteiger charge is 2.02. The zero-order valence-electron chi connectivity index (χ0n) is 11.0. The van der Waals surface area contributed by atoms with Gasteiger partial charge < -0.3 is 15.4 Å². The Kier molecular flexibility index (Phi) is 5.94. The number of hydrogen-bond donors (Lipinski definition) is 1. The van der Waals surface area contributed by atoms with Crippen molar-refractivity contribution in [1.82, 2.24) is 9.88 Å². The maximum Gasteiger partial charge on any atom is 0.213 e. The van der Waals surface area contributed by atoms with Crippen molar-refractivity contribution in [2.24, 2.45) is 5.73 Å². The number of pyridine rings is 1. The number of ether oxygens (including phenoxy) is 1. The molecule has 0 amide bonds. The first-order valence-electron chi connectivity index (χ1n) is 6.24. The van der Waals surface area contributed by atoms with Gasteiger partial charge in [0.15, 0.2) is 0 Å². The van der Waals surface area contributed by atoms with Crippen molar-refractivity contribution in [3.63, 3.8) is 0 Å². The van der Waals surface area contributed by atoms with Gasteiger partial charge in [-0.1, -0.05) is 19.9 Å². The largest absolute Gasteiger partial charge is 0.476 e. The Bertz CT molecular complexity index is 307. The number of rotatable bonds is 7. The van der Waals surface area contributed by atoms with Crippen LogP contribution in [0.3, 0.4) is 0 Å². The summed E-state index contributed by atoms with van der Waals surface area (Å²) in [5.74, 6) is 0.668. The average Bonchev–Trinajstić information content (AvgIpc) is 2.35. The highest BCUT2D eigenvalue weighted by Crippen LogP contribution is 2.12. The SMILES string of the molecule is CCN(CC)CCOc1ccc([C@H](C)N)cn1. The van der Waals surface area contributed by atoms with E-state index in [1.54, 1.807) is 6.20 Å². The molecule has 1 heterocycles. The third kappa shape index (κ3) is 4.71. The molecular weight excluding hydrogens is 214 g/mol. The van der Waals surface area contributed by atoms with Gasteiger partial charge in [0.25, 0.3) is 0 Å². The lowest BCUT2D eigenvalue weighted by Gasteiger charge is -2.17. The van der Waals surface area contributed by atoms with E-state index in [4.69, 9.17) is 10.5 Å². The first kappa shape index (κ1) is 13.9. The molecule has 4 heteroatoms. The fourth-order valence-corrected chi connectivity index (χ4v) is 1.57. The van der Waals surface area contributed by atoms with E-state index in [-0.39, 0.29) is 6.04 Å². The third-order valence-electron chi connectivity index (χ3n) is 2.84. The number of likely N-dealkylation sites (N-methyl/N-ethyl adjacent to an activating group) is 1. The van der Waals surface area contributed by atoms with Crippen molar-refractivity contribution in [2.45, 2.75) is 26.8 Å². The van der Waals surface area contributed by atoms with Gasteiger partial charge in [-0.3, -0.25) is 0 Å². The molecule has 0 unspecified atom stereocenters. The number of hydrogen-bond acceptors (Lipinski definition) is 4. The summed E-state index contributed by atoms with van der Waals surface area (Å²) in [5, 5.41) is 0. The third-order valence-corrected chi connectivity index (χ3v) is 2.84. The highest BCUT2D eigenvalue weighted by molar-refractivity contribution is 5.19. The van der Waals surface area contributed by atoms with Crippen LogP contribution in [-0.2, 0) is 0 Å². The normalized spacial score (nSPS) is 12.8. The van der Waals surface area contributed by atoms with Crippen molar-refractivity contribution in [2.75, 3.05) is 26.2 Å². The molecule has 2 N–H and O–H groups in total. The molecule has 0 aromatic carbocycles. The van der Waals surface area contributed by atoms with E-state index in [0.717, 1.165) is 25.2 Å². The Morgan fingerprint density at radius 3 is 2.53 bits per heavy atom. The summed E-state index contributed by atoms with van der Waals surface area (Å²) in [5.41, 5.74) is 6.78. The van der Waals surface area contributed by atoms with Gasteiger partial charge in [-0.05, 0) is 25.6 Å². The monoisotopic (exact) mass is 237 g/mol. The molecule has 0 fully saturated rings. The van der Waals surface area contributed by atoms with Crippen LogP contribution in [0.25, 0.3) is 0 Å². The maximum atomic E-state index is 5.75. The second-order valence-corrected chi connectivity index (χ2v) is 4.09. The van der Waals surface area contributed by atoms with Gasteiger partial charge in [-0.25, -0.2) is 4.98 Å². The van der Waals surface area contributed by atoms with Crippen LogP contribution in [-0.4, -0.2) is 36.1 Å². The molecule has 4 nitrogen and oxygen atoms in total. The maximum absolute atomic E-state index is 5.75. The van der Waals surface area contributed by atoms with Gasteiger partial charge in [0.2, 0.25) is 5.88 Å². The Balaban J connectivity index is 2.37. The van der Waals surface area contributed by atoms with Crippen LogP contribution in [0.2, 0.25) is 0 Å². The van der Waals surface area contributed by atoms with Crippen molar-refractivity contribution in [3.05, 3.63) is 23.9 Å².